The predicted molar refractivity (Wildman–Crippen MR) is 72.1 cm³/mol. The first-order chi connectivity index (χ1) is 9.24. The van der Waals surface area contributed by atoms with E-state index >= 15 is 0 Å². The lowest BCUT2D eigenvalue weighted by Crippen LogP contribution is -2.44. The fourth-order valence-electron chi connectivity index (χ4n) is 2.08. The van der Waals surface area contributed by atoms with Crippen molar-refractivity contribution >= 4 is 5.95 Å². The number of rotatable bonds is 2. The molecule has 0 aliphatic carbocycles. The molecule has 3 heterocycles. The number of anilines is 1. The summed E-state index contributed by atoms with van der Waals surface area (Å²) >= 11 is 0. The number of aryl methyl sites for hydroxylation is 1. The van der Waals surface area contributed by atoms with Gasteiger partial charge >= 0.3 is 0 Å². The van der Waals surface area contributed by atoms with E-state index in [1.807, 2.05) is 6.07 Å². The average molecular weight is 260 g/mol. The number of nitrogens with zero attached hydrogens (tertiary/aromatic N) is 4. The number of nitrogens with one attached hydrogen (secondary N) is 2. The van der Waals surface area contributed by atoms with Crippen LogP contribution in [0, 0.1) is 0 Å². The number of hydrogen-bond acceptors (Lipinski definition) is 5. The smallest absolute Gasteiger partial charge is 0.250 e. The molecule has 0 atom stereocenters. The third-order valence-corrected chi connectivity index (χ3v) is 3.25. The van der Waals surface area contributed by atoms with Crippen molar-refractivity contribution in [2.45, 2.75) is 0 Å². The van der Waals surface area contributed by atoms with Gasteiger partial charge in [0, 0.05) is 51.1 Å². The van der Waals surface area contributed by atoms with Gasteiger partial charge in [0.25, 0.3) is 5.56 Å². The summed E-state index contributed by atoms with van der Waals surface area (Å²) in [6.07, 6.45) is 1.73. The van der Waals surface area contributed by atoms with Crippen LogP contribution in [-0.2, 0) is 7.05 Å². The lowest BCUT2D eigenvalue weighted by molar-refractivity contribution is 0.580. The van der Waals surface area contributed by atoms with Gasteiger partial charge in [-0.2, -0.15) is 4.98 Å². The van der Waals surface area contributed by atoms with Crippen LogP contribution >= 0.6 is 0 Å². The molecule has 0 spiro atoms. The topological polar surface area (TPSA) is 78.8 Å². The quantitative estimate of drug-likeness (QED) is 0.767. The van der Waals surface area contributed by atoms with Gasteiger partial charge < -0.3 is 14.8 Å². The number of aromatic amines is 1. The normalized spacial score (nSPS) is 15.7. The number of aromatic nitrogens is 4. The second kappa shape index (κ2) is 4.85. The van der Waals surface area contributed by atoms with Crippen molar-refractivity contribution in [3.05, 3.63) is 28.7 Å². The third kappa shape index (κ3) is 2.37. The van der Waals surface area contributed by atoms with Crippen LogP contribution in [0.4, 0.5) is 5.95 Å². The first-order valence-electron chi connectivity index (χ1n) is 6.29. The minimum atomic E-state index is -0.0578. The maximum absolute atomic E-state index is 11.6. The predicted octanol–water partition coefficient (Wildman–Crippen LogP) is -0.420. The van der Waals surface area contributed by atoms with Crippen LogP contribution in [0.2, 0.25) is 0 Å². The van der Waals surface area contributed by atoms with E-state index in [4.69, 9.17) is 0 Å². The zero-order chi connectivity index (χ0) is 13.2. The van der Waals surface area contributed by atoms with Gasteiger partial charge in [-0.25, -0.2) is 0 Å². The van der Waals surface area contributed by atoms with Crippen molar-refractivity contribution in [3.8, 4) is 11.4 Å². The molecule has 7 nitrogen and oxygen atoms in total. The summed E-state index contributed by atoms with van der Waals surface area (Å²) in [5.74, 6) is 1.32. The van der Waals surface area contributed by atoms with E-state index in [0.29, 0.717) is 11.8 Å². The molecule has 0 radical (unpaired) electrons. The fraction of sp³-hybridized carbons (Fsp3) is 0.417. The van der Waals surface area contributed by atoms with Gasteiger partial charge in [0.15, 0.2) is 5.82 Å². The highest BCUT2D eigenvalue weighted by Gasteiger charge is 2.15. The molecule has 1 aliphatic rings. The molecule has 2 N–H and O–H groups in total. The van der Waals surface area contributed by atoms with Gasteiger partial charge in [-0.15, -0.1) is 5.10 Å². The summed E-state index contributed by atoms with van der Waals surface area (Å²) in [6, 6.07) is 3.41. The Kier molecular flexibility index (Phi) is 3.04. The van der Waals surface area contributed by atoms with E-state index in [0.717, 1.165) is 31.7 Å². The van der Waals surface area contributed by atoms with Crippen molar-refractivity contribution in [1.29, 1.82) is 0 Å². The van der Waals surface area contributed by atoms with Crippen LogP contribution in [0.15, 0.2) is 23.1 Å². The summed E-state index contributed by atoms with van der Waals surface area (Å²) in [4.78, 5) is 18.2. The molecule has 0 saturated carbocycles. The fourth-order valence-corrected chi connectivity index (χ4v) is 2.08. The first-order valence-corrected chi connectivity index (χ1v) is 6.29. The Balaban J connectivity index is 1.87. The molecular formula is C12H16N6O. The lowest BCUT2D eigenvalue weighted by atomic mass is 10.2. The molecule has 1 aliphatic heterocycles. The van der Waals surface area contributed by atoms with Gasteiger partial charge in [-0.05, 0) is 6.07 Å². The van der Waals surface area contributed by atoms with Crippen molar-refractivity contribution in [2.75, 3.05) is 31.1 Å². The van der Waals surface area contributed by atoms with Crippen LogP contribution < -0.4 is 15.8 Å². The van der Waals surface area contributed by atoms with E-state index in [9.17, 15) is 4.79 Å². The van der Waals surface area contributed by atoms with E-state index in [1.54, 1.807) is 19.3 Å². The molecule has 3 rings (SSSR count). The molecule has 7 heteroatoms. The zero-order valence-corrected chi connectivity index (χ0v) is 10.8. The molecule has 19 heavy (non-hydrogen) atoms. The van der Waals surface area contributed by atoms with Crippen LogP contribution in [0.5, 0.6) is 0 Å². The molecule has 0 unspecified atom stereocenters. The van der Waals surface area contributed by atoms with Crippen molar-refractivity contribution in [3.63, 3.8) is 0 Å². The minimum Gasteiger partial charge on any atom is -0.337 e. The summed E-state index contributed by atoms with van der Waals surface area (Å²) < 4.78 is 1.52. The summed E-state index contributed by atoms with van der Waals surface area (Å²) in [5.41, 5.74) is 0.703. The maximum atomic E-state index is 11.6. The van der Waals surface area contributed by atoms with Crippen LogP contribution in [-0.4, -0.2) is 45.9 Å². The molecule has 1 saturated heterocycles. The highest BCUT2D eigenvalue weighted by molar-refractivity contribution is 5.55. The molecule has 0 bridgehead atoms. The van der Waals surface area contributed by atoms with Crippen LogP contribution in [0.3, 0.4) is 0 Å². The third-order valence-electron chi connectivity index (χ3n) is 3.25. The Labute approximate surface area is 110 Å². The van der Waals surface area contributed by atoms with Gasteiger partial charge in [-0.1, -0.05) is 0 Å². The summed E-state index contributed by atoms with van der Waals surface area (Å²) in [5, 5.41) is 10.4. The highest BCUT2D eigenvalue weighted by Crippen LogP contribution is 2.16. The minimum absolute atomic E-state index is 0.0578. The van der Waals surface area contributed by atoms with Gasteiger partial charge in [-0.3, -0.25) is 9.89 Å². The SMILES string of the molecule is Cn1ccc(-c2nc(N3CCNCC3)n[nH]2)cc1=O. The van der Waals surface area contributed by atoms with E-state index in [2.05, 4.69) is 25.4 Å². The Bertz CT molecular complexity index is 625. The molecule has 0 aromatic carbocycles. The van der Waals surface area contributed by atoms with Gasteiger partial charge in [0.2, 0.25) is 5.95 Å². The van der Waals surface area contributed by atoms with Crippen LogP contribution in [0.1, 0.15) is 0 Å². The van der Waals surface area contributed by atoms with Crippen molar-refractivity contribution in [1.82, 2.24) is 25.1 Å². The molecular weight excluding hydrogens is 244 g/mol. The number of hydrogen-bond donors (Lipinski definition) is 2. The summed E-state index contributed by atoms with van der Waals surface area (Å²) in [7, 11) is 1.72. The molecule has 1 fully saturated rings. The Hall–Kier alpha value is -2.15. The number of H-pyrrole nitrogens is 1. The summed E-state index contributed by atoms with van der Waals surface area (Å²) in [6.45, 7) is 3.67. The Morgan fingerprint density at radius 2 is 2.11 bits per heavy atom. The molecule has 2 aromatic heterocycles. The molecule has 100 valence electrons. The number of piperazine rings is 1. The zero-order valence-electron chi connectivity index (χ0n) is 10.8. The monoisotopic (exact) mass is 260 g/mol. The van der Waals surface area contributed by atoms with E-state index in [-0.39, 0.29) is 5.56 Å². The largest absolute Gasteiger partial charge is 0.337 e. The van der Waals surface area contributed by atoms with Crippen LogP contribution in [0.25, 0.3) is 11.4 Å². The van der Waals surface area contributed by atoms with Crippen molar-refractivity contribution < 1.29 is 0 Å². The van der Waals surface area contributed by atoms with E-state index in [1.165, 1.54) is 4.57 Å². The standard InChI is InChI=1S/C12H16N6O/c1-17-5-2-9(8-10(17)19)11-14-12(16-15-11)18-6-3-13-4-7-18/h2,5,8,13H,3-4,6-7H2,1H3,(H,14,15,16). The average Bonchev–Trinajstić information content (AvgIpc) is 2.93. The van der Waals surface area contributed by atoms with Crippen molar-refractivity contribution in [2.24, 2.45) is 7.05 Å². The van der Waals surface area contributed by atoms with E-state index < -0.39 is 0 Å². The lowest BCUT2D eigenvalue weighted by Gasteiger charge is -2.25. The number of pyridine rings is 1. The second-order valence-corrected chi connectivity index (χ2v) is 4.59. The second-order valence-electron chi connectivity index (χ2n) is 4.59. The molecule has 2 aromatic rings. The Morgan fingerprint density at radius 3 is 2.84 bits per heavy atom. The first kappa shape index (κ1) is 11.9. The Morgan fingerprint density at radius 1 is 1.32 bits per heavy atom. The molecule has 0 amide bonds. The van der Waals surface area contributed by atoms with Gasteiger partial charge in [0.1, 0.15) is 0 Å². The highest BCUT2D eigenvalue weighted by atomic mass is 16.1. The maximum Gasteiger partial charge on any atom is 0.250 e. The van der Waals surface area contributed by atoms with Gasteiger partial charge in [0.05, 0.1) is 0 Å².